The summed E-state index contributed by atoms with van der Waals surface area (Å²) in [5.74, 6) is 0.188. The van der Waals surface area contributed by atoms with Gasteiger partial charge in [0.05, 0.1) is 25.2 Å². The van der Waals surface area contributed by atoms with Gasteiger partial charge in [-0.1, -0.05) is 19.8 Å². The molecule has 1 saturated heterocycles. The van der Waals surface area contributed by atoms with E-state index in [-0.39, 0.29) is 29.9 Å². The molecule has 0 radical (unpaired) electrons. The quantitative estimate of drug-likeness (QED) is 0.670. The summed E-state index contributed by atoms with van der Waals surface area (Å²) in [5.41, 5.74) is 0. The molecule has 5 nitrogen and oxygen atoms in total. The highest BCUT2D eigenvalue weighted by molar-refractivity contribution is 5.79. The van der Waals surface area contributed by atoms with Gasteiger partial charge in [-0.15, -0.1) is 0 Å². The minimum atomic E-state index is -0.252. The van der Waals surface area contributed by atoms with E-state index in [2.05, 4.69) is 17.6 Å². The molecule has 2 fully saturated rings. The van der Waals surface area contributed by atoms with Crippen molar-refractivity contribution in [3.05, 3.63) is 0 Å². The fourth-order valence-corrected chi connectivity index (χ4v) is 3.13. The number of ether oxygens (including phenoxy) is 1. The van der Waals surface area contributed by atoms with Crippen LogP contribution in [0, 0.1) is 11.8 Å². The molecule has 0 aromatic heterocycles. The summed E-state index contributed by atoms with van der Waals surface area (Å²) in [4.78, 5) is 12.3. The van der Waals surface area contributed by atoms with E-state index in [0.29, 0.717) is 19.8 Å². The number of amides is 1. The first kappa shape index (κ1) is 15.7. The standard InChI is InChI=1S/C15H28N2O3/c1-2-7-16-13-10-20-9-12(13)15(19)17-8-11-5-3-4-6-14(11)18/h11-14,16,18H,2-10H2,1H3,(H,17,19). The van der Waals surface area contributed by atoms with Gasteiger partial charge in [-0.2, -0.15) is 0 Å². The normalized spacial score (nSPS) is 34.1. The molecule has 20 heavy (non-hydrogen) atoms. The number of carbonyl (C=O) groups excluding carboxylic acids is 1. The Morgan fingerprint density at radius 3 is 2.85 bits per heavy atom. The van der Waals surface area contributed by atoms with Gasteiger partial charge in [0.1, 0.15) is 0 Å². The molecule has 1 amide bonds. The van der Waals surface area contributed by atoms with Crippen molar-refractivity contribution in [2.75, 3.05) is 26.3 Å². The molecule has 1 aliphatic heterocycles. The van der Waals surface area contributed by atoms with Crippen molar-refractivity contribution < 1.29 is 14.6 Å². The molecule has 5 heteroatoms. The van der Waals surface area contributed by atoms with Crippen molar-refractivity contribution in [3.63, 3.8) is 0 Å². The van der Waals surface area contributed by atoms with Gasteiger partial charge in [-0.25, -0.2) is 0 Å². The van der Waals surface area contributed by atoms with Crippen LogP contribution in [0.3, 0.4) is 0 Å². The summed E-state index contributed by atoms with van der Waals surface area (Å²) < 4.78 is 5.43. The largest absolute Gasteiger partial charge is 0.393 e. The van der Waals surface area contributed by atoms with Gasteiger partial charge in [0.2, 0.25) is 5.91 Å². The number of hydrogen-bond donors (Lipinski definition) is 3. The van der Waals surface area contributed by atoms with E-state index in [9.17, 15) is 9.90 Å². The zero-order valence-corrected chi connectivity index (χ0v) is 12.4. The molecule has 4 atom stereocenters. The number of carbonyl (C=O) groups is 1. The third-order valence-electron chi connectivity index (χ3n) is 4.48. The minimum Gasteiger partial charge on any atom is -0.393 e. The lowest BCUT2D eigenvalue weighted by Gasteiger charge is -2.28. The third-order valence-corrected chi connectivity index (χ3v) is 4.48. The summed E-state index contributed by atoms with van der Waals surface area (Å²) in [5, 5.41) is 16.3. The zero-order valence-electron chi connectivity index (χ0n) is 12.4. The Hall–Kier alpha value is -0.650. The first-order chi connectivity index (χ1) is 9.72. The fourth-order valence-electron chi connectivity index (χ4n) is 3.13. The number of rotatable bonds is 6. The predicted octanol–water partition coefficient (Wildman–Crippen LogP) is 0.668. The molecule has 116 valence electrons. The predicted molar refractivity (Wildman–Crippen MR) is 77.4 cm³/mol. The molecular weight excluding hydrogens is 256 g/mol. The number of aliphatic hydroxyl groups excluding tert-OH is 1. The molecule has 2 aliphatic rings. The molecular formula is C15H28N2O3. The highest BCUT2D eigenvalue weighted by atomic mass is 16.5. The molecule has 0 aromatic carbocycles. The second-order valence-electron chi connectivity index (χ2n) is 6.06. The molecule has 1 aliphatic carbocycles. The van der Waals surface area contributed by atoms with Crippen molar-refractivity contribution in [3.8, 4) is 0 Å². The zero-order chi connectivity index (χ0) is 14.4. The Labute approximate surface area is 121 Å². The van der Waals surface area contributed by atoms with Crippen LogP contribution in [0.1, 0.15) is 39.0 Å². The van der Waals surface area contributed by atoms with Crippen LogP contribution < -0.4 is 10.6 Å². The summed E-state index contributed by atoms with van der Waals surface area (Å²) >= 11 is 0. The minimum absolute atomic E-state index is 0.0638. The monoisotopic (exact) mass is 284 g/mol. The molecule has 0 spiro atoms. The molecule has 2 rings (SSSR count). The van der Waals surface area contributed by atoms with E-state index in [1.807, 2.05) is 0 Å². The Morgan fingerprint density at radius 2 is 2.10 bits per heavy atom. The lowest BCUT2D eigenvalue weighted by Crippen LogP contribution is -2.46. The average Bonchev–Trinajstić information content (AvgIpc) is 2.92. The highest BCUT2D eigenvalue weighted by Crippen LogP contribution is 2.24. The van der Waals surface area contributed by atoms with E-state index >= 15 is 0 Å². The lowest BCUT2D eigenvalue weighted by molar-refractivity contribution is -0.125. The van der Waals surface area contributed by atoms with Crippen LogP contribution in [0.5, 0.6) is 0 Å². The van der Waals surface area contributed by atoms with Crippen LogP contribution in [0.4, 0.5) is 0 Å². The number of hydrogen-bond acceptors (Lipinski definition) is 4. The Morgan fingerprint density at radius 1 is 1.30 bits per heavy atom. The van der Waals surface area contributed by atoms with Gasteiger partial charge in [-0.3, -0.25) is 4.79 Å². The topological polar surface area (TPSA) is 70.6 Å². The fraction of sp³-hybridized carbons (Fsp3) is 0.933. The molecule has 0 aromatic rings. The Bertz CT molecular complexity index is 311. The first-order valence-electron chi connectivity index (χ1n) is 7.99. The van der Waals surface area contributed by atoms with Crippen LogP contribution in [0.2, 0.25) is 0 Å². The summed E-state index contributed by atoms with van der Waals surface area (Å²) in [6.45, 7) is 4.74. The number of nitrogens with one attached hydrogen (secondary N) is 2. The van der Waals surface area contributed by atoms with E-state index in [1.54, 1.807) is 0 Å². The van der Waals surface area contributed by atoms with E-state index in [1.165, 1.54) is 0 Å². The van der Waals surface area contributed by atoms with Gasteiger partial charge in [0.15, 0.2) is 0 Å². The van der Waals surface area contributed by atoms with Crippen molar-refractivity contribution in [1.82, 2.24) is 10.6 Å². The lowest BCUT2D eigenvalue weighted by atomic mass is 9.86. The summed E-state index contributed by atoms with van der Waals surface area (Å²) in [6, 6.07) is 0.131. The second-order valence-corrected chi connectivity index (χ2v) is 6.06. The van der Waals surface area contributed by atoms with Crippen LogP contribution in [-0.4, -0.2) is 49.5 Å². The first-order valence-corrected chi connectivity index (χ1v) is 7.99. The van der Waals surface area contributed by atoms with Crippen LogP contribution in [-0.2, 0) is 9.53 Å². The van der Waals surface area contributed by atoms with Crippen molar-refractivity contribution in [1.29, 1.82) is 0 Å². The van der Waals surface area contributed by atoms with Gasteiger partial charge in [0, 0.05) is 18.5 Å². The van der Waals surface area contributed by atoms with E-state index in [0.717, 1.165) is 38.6 Å². The molecule has 1 heterocycles. The maximum Gasteiger partial charge on any atom is 0.227 e. The maximum absolute atomic E-state index is 12.3. The van der Waals surface area contributed by atoms with Crippen LogP contribution in [0.25, 0.3) is 0 Å². The molecule has 3 N–H and O–H groups in total. The number of aliphatic hydroxyl groups is 1. The van der Waals surface area contributed by atoms with Crippen molar-refractivity contribution in [2.45, 2.75) is 51.2 Å². The third kappa shape index (κ3) is 4.17. The molecule has 4 unspecified atom stereocenters. The average molecular weight is 284 g/mol. The summed E-state index contributed by atoms with van der Waals surface area (Å²) in [7, 11) is 0. The van der Waals surface area contributed by atoms with Gasteiger partial charge in [-0.05, 0) is 25.8 Å². The van der Waals surface area contributed by atoms with Crippen molar-refractivity contribution >= 4 is 5.91 Å². The Balaban J connectivity index is 1.75. The van der Waals surface area contributed by atoms with Crippen LogP contribution >= 0.6 is 0 Å². The van der Waals surface area contributed by atoms with E-state index in [4.69, 9.17) is 4.74 Å². The highest BCUT2D eigenvalue weighted by Gasteiger charge is 2.34. The van der Waals surface area contributed by atoms with Gasteiger partial charge in [0.25, 0.3) is 0 Å². The van der Waals surface area contributed by atoms with Crippen molar-refractivity contribution in [2.24, 2.45) is 11.8 Å². The SMILES string of the molecule is CCCNC1COCC1C(=O)NCC1CCCCC1O. The smallest absolute Gasteiger partial charge is 0.227 e. The molecule has 0 bridgehead atoms. The van der Waals surface area contributed by atoms with Crippen LogP contribution in [0.15, 0.2) is 0 Å². The van der Waals surface area contributed by atoms with Gasteiger partial charge < -0.3 is 20.5 Å². The summed E-state index contributed by atoms with van der Waals surface area (Å²) in [6.07, 6.45) is 4.95. The van der Waals surface area contributed by atoms with Gasteiger partial charge >= 0.3 is 0 Å². The maximum atomic E-state index is 12.3. The molecule has 1 saturated carbocycles. The second kappa shape index (κ2) is 7.96. The Kier molecular flexibility index (Phi) is 6.26. The van der Waals surface area contributed by atoms with E-state index < -0.39 is 0 Å².